The molecule has 0 rings (SSSR count). The zero-order valence-electron chi connectivity index (χ0n) is 10.8. The molecule has 0 aliphatic heterocycles. The van der Waals surface area contributed by atoms with E-state index in [2.05, 4.69) is 12.2 Å². The van der Waals surface area contributed by atoms with Crippen molar-refractivity contribution < 1.29 is 9.53 Å². The van der Waals surface area contributed by atoms with Crippen LogP contribution in [0.4, 0.5) is 4.79 Å². The summed E-state index contributed by atoms with van der Waals surface area (Å²) in [7, 11) is 0. The molecular weight excluding hydrogens is 190 g/mol. The highest BCUT2D eigenvalue weighted by Gasteiger charge is 1.97. The second kappa shape index (κ2) is 15.7. The van der Waals surface area contributed by atoms with Crippen LogP contribution in [-0.2, 0) is 4.74 Å². The first kappa shape index (κ1) is 16.7. The minimum Gasteiger partial charge on any atom is -0.450 e. The van der Waals surface area contributed by atoms with E-state index in [1.807, 2.05) is 13.8 Å². The molecule has 0 saturated carbocycles. The van der Waals surface area contributed by atoms with E-state index in [4.69, 9.17) is 4.74 Å². The zero-order chi connectivity index (χ0) is 11.9. The lowest BCUT2D eigenvalue weighted by molar-refractivity contribution is 0.152. The van der Waals surface area contributed by atoms with Gasteiger partial charge in [-0.05, 0) is 13.3 Å². The minimum atomic E-state index is -0.294. The Hall–Kier alpha value is -0.730. The Kier molecular flexibility index (Phi) is 17.5. The van der Waals surface area contributed by atoms with E-state index < -0.39 is 0 Å². The third kappa shape index (κ3) is 16.0. The molecule has 0 aromatic heterocycles. The van der Waals surface area contributed by atoms with E-state index in [9.17, 15) is 4.79 Å². The number of carbonyl (C=O) groups excluding carboxylic acids is 1. The number of amides is 1. The van der Waals surface area contributed by atoms with Crippen LogP contribution in [0.1, 0.15) is 59.8 Å². The second-order valence-corrected chi connectivity index (χ2v) is 3.06. The van der Waals surface area contributed by atoms with Gasteiger partial charge in [-0.2, -0.15) is 0 Å². The molecule has 0 aliphatic carbocycles. The molecule has 92 valence electrons. The van der Waals surface area contributed by atoms with Crippen molar-refractivity contribution in [3.63, 3.8) is 0 Å². The van der Waals surface area contributed by atoms with Gasteiger partial charge in [-0.15, -0.1) is 0 Å². The third-order valence-corrected chi connectivity index (χ3v) is 1.83. The van der Waals surface area contributed by atoms with Crippen LogP contribution in [0.5, 0.6) is 0 Å². The van der Waals surface area contributed by atoms with E-state index in [-0.39, 0.29) is 6.09 Å². The molecule has 15 heavy (non-hydrogen) atoms. The van der Waals surface area contributed by atoms with Gasteiger partial charge < -0.3 is 10.1 Å². The van der Waals surface area contributed by atoms with Crippen LogP contribution in [-0.4, -0.2) is 19.2 Å². The Morgan fingerprint density at radius 2 is 1.67 bits per heavy atom. The van der Waals surface area contributed by atoms with Gasteiger partial charge >= 0.3 is 6.09 Å². The van der Waals surface area contributed by atoms with Crippen LogP contribution in [0.15, 0.2) is 0 Å². The molecule has 0 aromatic rings. The lowest BCUT2D eigenvalue weighted by Crippen LogP contribution is -2.25. The van der Waals surface area contributed by atoms with Crippen molar-refractivity contribution in [2.45, 2.75) is 59.8 Å². The van der Waals surface area contributed by atoms with Crippen molar-refractivity contribution >= 4 is 6.09 Å². The molecule has 0 spiro atoms. The molecule has 0 aliphatic rings. The van der Waals surface area contributed by atoms with E-state index in [0.717, 1.165) is 13.0 Å². The fraction of sp³-hybridized carbons (Fsp3) is 0.917. The molecule has 0 saturated heterocycles. The zero-order valence-corrected chi connectivity index (χ0v) is 10.8. The number of ether oxygens (including phenoxy) is 1. The van der Waals surface area contributed by atoms with Crippen molar-refractivity contribution in [2.24, 2.45) is 0 Å². The van der Waals surface area contributed by atoms with Gasteiger partial charge in [0.1, 0.15) is 0 Å². The topological polar surface area (TPSA) is 38.3 Å². The molecular formula is C12H27NO2. The number of carbonyl (C=O) groups is 1. The number of hydrogen-bond donors (Lipinski definition) is 1. The van der Waals surface area contributed by atoms with Gasteiger partial charge in [-0.25, -0.2) is 4.79 Å². The maximum Gasteiger partial charge on any atom is 0.407 e. The Balaban J connectivity index is 0. The molecule has 1 amide bonds. The maximum atomic E-state index is 10.8. The summed E-state index contributed by atoms with van der Waals surface area (Å²) in [6, 6.07) is 0. The van der Waals surface area contributed by atoms with Crippen LogP contribution < -0.4 is 5.32 Å². The summed E-state index contributed by atoms with van der Waals surface area (Å²) in [6.07, 6.45) is 5.77. The Labute approximate surface area is 94.6 Å². The molecule has 0 heterocycles. The SMILES string of the molecule is CC.CCCCCCCNC(=O)OCC. The van der Waals surface area contributed by atoms with Gasteiger partial charge in [0.15, 0.2) is 0 Å². The number of alkyl carbamates (subject to hydrolysis) is 1. The average molecular weight is 217 g/mol. The van der Waals surface area contributed by atoms with Gasteiger partial charge in [0, 0.05) is 6.54 Å². The molecule has 0 bridgehead atoms. The Bertz CT molecular complexity index is 127. The molecule has 0 aromatic carbocycles. The maximum absolute atomic E-state index is 10.8. The molecule has 3 heteroatoms. The van der Waals surface area contributed by atoms with Gasteiger partial charge in [0.05, 0.1) is 6.61 Å². The first-order valence-corrected chi connectivity index (χ1v) is 6.21. The summed E-state index contributed by atoms with van der Waals surface area (Å²) >= 11 is 0. The highest BCUT2D eigenvalue weighted by molar-refractivity contribution is 5.66. The van der Waals surface area contributed by atoms with Crippen molar-refractivity contribution in [3.05, 3.63) is 0 Å². The van der Waals surface area contributed by atoms with Crippen LogP contribution in [0.25, 0.3) is 0 Å². The molecule has 1 N–H and O–H groups in total. The molecule has 0 unspecified atom stereocenters. The standard InChI is InChI=1S/C10H21NO2.C2H6/c1-3-5-6-7-8-9-11-10(12)13-4-2;1-2/h3-9H2,1-2H3,(H,11,12);1-2H3. The quantitative estimate of drug-likeness (QED) is 0.660. The van der Waals surface area contributed by atoms with Gasteiger partial charge in [0.25, 0.3) is 0 Å². The van der Waals surface area contributed by atoms with E-state index in [1.54, 1.807) is 6.92 Å². The highest BCUT2D eigenvalue weighted by atomic mass is 16.5. The smallest absolute Gasteiger partial charge is 0.407 e. The normalized spacial score (nSPS) is 8.80. The minimum absolute atomic E-state index is 0.294. The number of nitrogens with one attached hydrogen (secondary N) is 1. The van der Waals surface area contributed by atoms with E-state index in [1.165, 1.54) is 25.7 Å². The summed E-state index contributed by atoms with van der Waals surface area (Å²) < 4.78 is 4.72. The summed E-state index contributed by atoms with van der Waals surface area (Å²) in [4.78, 5) is 10.8. The molecule has 0 radical (unpaired) electrons. The largest absolute Gasteiger partial charge is 0.450 e. The van der Waals surface area contributed by atoms with Crippen molar-refractivity contribution in [1.29, 1.82) is 0 Å². The fourth-order valence-corrected chi connectivity index (χ4v) is 1.10. The predicted molar refractivity (Wildman–Crippen MR) is 65.1 cm³/mol. The average Bonchev–Trinajstić information content (AvgIpc) is 2.26. The molecule has 0 fully saturated rings. The van der Waals surface area contributed by atoms with Crippen LogP contribution in [0.3, 0.4) is 0 Å². The number of hydrogen-bond acceptors (Lipinski definition) is 2. The van der Waals surface area contributed by atoms with Crippen molar-refractivity contribution in [2.75, 3.05) is 13.2 Å². The Morgan fingerprint density at radius 1 is 1.07 bits per heavy atom. The van der Waals surface area contributed by atoms with Crippen LogP contribution >= 0.6 is 0 Å². The number of rotatable bonds is 7. The van der Waals surface area contributed by atoms with Crippen molar-refractivity contribution in [3.8, 4) is 0 Å². The lowest BCUT2D eigenvalue weighted by Gasteiger charge is -2.04. The monoisotopic (exact) mass is 217 g/mol. The van der Waals surface area contributed by atoms with Gasteiger partial charge in [0.2, 0.25) is 0 Å². The van der Waals surface area contributed by atoms with Crippen LogP contribution in [0.2, 0.25) is 0 Å². The Morgan fingerprint density at radius 3 is 2.20 bits per heavy atom. The van der Waals surface area contributed by atoms with Crippen molar-refractivity contribution in [1.82, 2.24) is 5.32 Å². The summed E-state index contributed by atoms with van der Waals surface area (Å²) in [5.74, 6) is 0. The summed E-state index contributed by atoms with van der Waals surface area (Å²) in [6.45, 7) is 9.18. The van der Waals surface area contributed by atoms with E-state index in [0.29, 0.717) is 6.61 Å². The molecule has 3 nitrogen and oxygen atoms in total. The third-order valence-electron chi connectivity index (χ3n) is 1.83. The van der Waals surface area contributed by atoms with Crippen LogP contribution in [0, 0.1) is 0 Å². The van der Waals surface area contributed by atoms with E-state index >= 15 is 0 Å². The predicted octanol–water partition coefficient (Wildman–Crippen LogP) is 3.73. The number of unbranched alkanes of at least 4 members (excludes halogenated alkanes) is 4. The van der Waals surface area contributed by atoms with Gasteiger partial charge in [-0.3, -0.25) is 0 Å². The first-order chi connectivity index (χ1) is 7.31. The second-order valence-electron chi connectivity index (χ2n) is 3.06. The first-order valence-electron chi connectivity index (χ1n) is 6.21. The fourth-order valence-electron chi connectivity index (χ4n) is 1.10. The summed E-state index contributed by atoms with van der Waals surface area (Å²) in [5, 5.41) is 2.70. The van der Waals surface area contributed by atoms with Gasteiger partial charge in [-0.1, -0.05) is 46.5 Å². The highest BCUT2D eigenvalue weighted by Crippen LogP contribution is 2.00. The molecule has 0 atom stereocenters. The summed E-state index contributed by atoms with van der Waals surface area (Å²) in [5.41, 5.74) is 0. The lowest BCUT2D eigenvalue weighted by atomic mass is 10.1.